The van der Waals surface area contributed by atoms with Crippen LogP contribution in [0.2, 0.25) is 0 Å². The minimum atomic E-state index is -0.790. The van der Waals surface area contributed by atoms with Crippen molar-refractivity contribution in [3.05, 3.63) is 0 Å². The Morgan fingerprint density at radius 2 is 2.00 bits per heavy atom. The van der Waals surface area contributed by atoms with E-state index in [-0.39, 0.29) is 18.0 Å². The topological polar surface area (TPSA) is 69.6 Å². The molecule has 4 unspecified atom stereocenters. The highest BCUT2D eigenvalue weighted by Crippen LogP contribution is 2.29. The number of carboxylic acids is 1. The van der Waals surface area contributed by atoms with Crippen molar-refractivity contribution in [2.45, 2.75) is 57.2 Å². The molecular formula is C16H28N2O3S. The molecule has 6 heteroatoms. The first-order chi connectivity index (χ1) is 10.5. The van der Waals surface area contributed by atoms with Crippen molar-refractivity contribution < 1.29 is 14.7 Å². The molecule has 1 saturated carbocycles. The molecule has 22 heavy (non-hydrogen) atoms. The fourth-order valence-corrected chi connectivity index (χ4v) is 4.82. The number of rotatable bonds is 4. The van der Waals surface area contributed by atoms with Crippen LogP contribution in [-0.4, -0.2) is 52.1 Å². The number of likely N-dealkylation sites (tertiary alicyclic amines) is 1. The molecule has 0 aromatic carbocycles. The number of hydrogen-bond acceptors (Lipinski definition) is 3. The van der Waals surface area contributed by atoms with E-state index >= 15 is 0 Å². The van der Waals surface area contributed by atoms with Gasteiger partial charge in [0.05, 0.1) is 5.92 Å². The van der Waals surface area contributed by atoms with Crippen LogP contribution in [0, 0.1) is 11.8 Å². The minimum Gasteiger partial charge on any atom is -0.481 e. The Bertz CT molecular complexity index is 403. The molecule has 1 heterocycles. The fourth-order valence-electron chi connectivity index (χ4n) is 3.62. The first kappa shape index (κ1) is 17.4. The zero-order valence-corrected chi connectivity index (χ0v) is 14.4. The lowest BCUT2D eigenvalue weighted by Crippen LogP contribution is -2.54. The minimum absolute atomic E-state index is 0.0774. The van der Waals surface area contributed by atoms with Crippen LogP contribution >= 0.6 is 11.8 Å². The molecule has 126 valence electrons. The van der Waals surface area contributed by atoms with E-state index in [1.807, 2.05) is 18.7 Å². The normalized spacial score (nSPS) is 32.5. The van der Waals surface area contributed by atoms with Gasteiger partial charge in [0.1, 0.15) is 0 Å². The molecule has 1 aliphatic heterocycles. The molecule has 0 bridgehead atoms. The highest BCUT2D eigenvalue weighted by molar-refractivity contribution is 7.99. The van der Waals surface area contributed by atoms with Gasteiger partial charge in [-0.2, -0.15) is 11.8 Å². The van der Waals surface area contributed by atoms with Gasteiger partial charge in [-0.1, -0.05) is 26.7 Å². The summed E-state index contributed by atoms with van der Waals surface area (Å²) in [5.74, 6) is 0.0923. The average Bonchev–Trinajstić information content (AvgIpc) is 2.48. The lowest BCUT2D eigenvalue weighted by molar-refractivity contribution is -0.143. The standard InChI is InChI=1S/C16H28N2O3S/c1-3-22-14-7-5-4-6-13(14)17-16(21)18-9-11(2)8-12(10-18)15(19)20/h11-14H,3-10H2,1-2H3,(H,17,21)(H,19,20). The highest BCUT2D eigenvalue weighted by Gasteiger charge is 2.34. The summed E-state index contributed by atoms with van der Waals surface area (Å²) in [6.45, 7) is 5.17. The van der Waals surface area contributed by atoms with Crippen molar-refractivity contribution in [1.29, 1.82) is 0 Å². The summed E-state index contributed by atoms with van der Waals surface area (Å²) in [5, 5.41) is 12.9. The summed E-state index contributed by atoms with van der Waals surface area (Å²) < 4.78 is 0. The van der Waals surface area contributed by atoms with Crippen LogP contribution in [0.3, 0.4) is 0 Å². The molecule has 0 aromatic heterocycles. The fraction of sp³-hybridized carbons (Fsp3) is 0.875. The Hall–Kier alpha value is -0.910. The second kappa shape index (κ2) is 8.09. The van der Waals surface area contributed by atoms with Crippen molar-refractivity contribution in [1.82, 2.24) is 10.2 Å². The first-order valence-corrected chi connectivity index (χ1v) is 9.46. The zero-order valence-electron chi connectivity index (χ0n) is 13.6. The van der Waals surface area contributed by atoms with Crippen LogP contribution in [0.4, 0.5) is 4.79 Å². The number of amides is 2. The molecule has 1 saturated heterocycles. The van der Waals surface area contributed by atoms with Crippen LogP contribution in [0.25, 0.3) is 0 Å². The van der Waals surface area contributed by atoms with Crippen LogP contribution < -0.4 is 5.32 Å². The van der Waals surface area contributed by atoms with Crippen molar-refractivity contribution in [3.63, 3.8) is 0 Å². The molecule has 0 radical (unpaired) electrons. The van der Waals surface area contributed by atoms with Gasteiger partial charge < -0.3 is 15.3 Å². The summed E-state index contributed by atoms with van der Waals surface area (Å²) in [6, 6.07) is 0.151. The Balaban J connectivity index is 1.93. The molecule has 2 fully saturated rings. The third kappa shape index (κ3) is 4.54. The van der Waals surface area contributed by atoms with E-state index in [4.69, 9.17) is 0 Å². The van der Waals surface area contributed by atoms with Crippen molar-refractivity contribution in [2.24, 2.45) is 11.8 Å². The summed E-state index contributed by atoms with van der Waals surface area (Å²) in [4.78, 5) is 25.5. The largest absolute Gasteiger partial charge is 0.481 e. The summed E-state index contributed by atoms with van der Waals surface area (Å²) in [5.41, 5.74) is 0. The van der Waals surface area contributed by atoms with E-state index in [1.54, 1.807) is 4.90 Å². The molecule has 2 amide bonds. The maximum Gasteiger partial charge on any atom is 0.317 e. The van der Waals surface area contributed by atoms with Crippen molar-refractivity contribution in [3.8, 4) is 0 Å². The van der Waals surface area contributed by atoms with E-state index in [0.29, 0.717) is 24.8 Å². The second-order valence-electron chi connectivity index (χ2n) is 6.62. The van der Waals surface area contributed by atoms with Crippen LogP contribution in [0.15, 0.2) is 0 Å². The van der Waals surface area contributed by atoms with Gasteiger partial charge in [0.25, 0.3) is 0 Å². The Kier molecular flexibility index (Phi) is 6.41. The van der Waals surface area contributed by atoms with Crippen molar-refractivity contribution in [2.75, 3.05) is 18.8 Å². The number of carboxylic acid groups (broad SMARTS) is 1. The van der Waals surface area contributed by atoms with Gasteiger partial charge in [0.15, 0.2) is 0 Å². The lowest BCUT2D eigenvalue weighted by Gasteiger charge is -2.37. The molecular weight excluding hydrogens is 300 g/mol. The Labute approximate surface area is 137 Å². The monoisotopic (exact) mass is 328 g/mol. The number of piperidine rings is 1. The number of carbonyl (C=O) groups excluding carboxylic acids is 1. The van der Waals surface area contributed by atoms with Gasteiger partial charge in [-0.3, -0.25) is 4.79 Å². The third-order valence-electron chi connectivity index (χ3n) is 4.69. The van der Waals surface area contributed by atoms with Gasteiger partial charge in [-0.05, 0) is 30.9 Å². The zero-order chi connectivity index (χ0) is 16.1. The third-order valence-corrected chi connectivity index (χ3v) is 6.01. The number of hydrogen-bond donors (Lipinski definition) is 2. The number of nitrogens with one attached hydrogen (secondary N) is 1. The predicted octanol–water partition coefficient (Wildman–Crippen LogP) is 2.80. The second-order valence-corrected chi connectivity index (χ2v) is 8.13. The summed E-state index contributed by atoms with van der Waals surface area (Å²) >= 11 is 1.93. The van der Waals surface area contributed by atoms with E-state index in [1.165, 1.54) is 12.8 Å². The van der Waals surface area contributed by atoms with E-state index in [0.717, 1.165) is 18.6 Å². The molecule has 2 aliphatic rings. The van der Waals surface area contributed by atoms with Crippen molar-refractivity contribution >= 4 is 23.8 Å². The van der Waals surface area contributed by atoms with Gasteiger partial charge in [-0.15, -0.1) is 0 Å². The van der Waals surface area contributed by atoms with E-state index < -0.39 is 11.9 Å². The molecule has 4 atom stereocenters. The number of thioether (sulfide) groups is 1. The summed E-state index contributed by atoms with van der Waals surface area (Å²) in [7, 11) is 0. The first-order valence-electron chi connectivity index (χ1n) is 8.41. The molecule has 1 aliphatic carbocycles. The average molecular weight is 328 g/mol. The molecule has 2 rings (SSSR count). The van der Waals surface area contributed by atoms with Crippen LogP contribution in [0.5, 0.6) is 0 Å². The molecule has 5 nitrogen and oxygen atoms in total. The lowest BCUT2D eigenvalue weighted by atomic mass is 9.90. The van der Waals surface area contributed by atoms with Gasteiger partial charge >= 0.3 is 12.0 Å². The maximum absolute atomic E-state index is 12.5. The van der Waals surface area contributed by atoms with Gasteiger partial charge in [0, 0.05) is 24.4 Å². The number of urea groups is 1. The Morgan fingerprint density at radius 3 is 2.68 bits per heavy atom. The SMILES string of the molecule is CCSC1CCCCC1NC(=O)N1CC(C)CC(C(=O)O)C1. The van der Waals surface area contributed by atoms with Gasteiger partial charge in [0.2, 0.25) is 0 Å². The number of carbonyl (C=O) groups is 2. The Morgan fingerprint density at radius 1 is 1.27 bits per heavy atom. The molecule has 0 spiro atoms. The number of nitrogens with zero attached hydrogens (tertiary/aromatic N) is 1. The quantitative estimate of drug-likeness (QED) is 0.832. The smallest absolute Gasteiger partial charge is 0.317 e. The predicted molar refractivity (Wildman–Crippen MR) is 89.2 cm³/mol. The maximum atomic E-state index is 12.5. The van der Waals surface area contributed by atoms with Crippen LogP contribution in [-0.2, 0) is 4.79 Å². The molecule has 0 aromatic rings. The number of aliphatic carboxylic acids is 1. The highest BCUT2D eigenvalue weighted by atomic mass is 32.2. The summed E-state index contributed by atoms with van der Waals surface area (Å²) in [6.07, 6.45) is 5.27. The van der Waals surface area contributed by atoms with E-state index in [2.05, 4.69) is 12.2 Å². The van der Waals surface area contributed by atoms with Gasteiger partial charge in [-0.25, -0.2) is 4.79 Å². The van der Waals surface area contributed by atoms with Crippen LogP contribution in [0.1, 0.15) is 46.0 Å². The van der Waals surface area contributed by atoms with E-state index in [9.17, 15) is 14.7 Å². The molecule has 2 N–H and O–H groups in total.